The van der Waals surface area contributed by atoms with E-state index in [0.717, 1.165) is 4.47 Å². The van der Waals surface area contributed by atoms with Crippen LogP contribution in [0.3, 0.4) is 0 Å². The molecule has 2 aromatic carbocycles. The van der Waals surface area contributed by atoms with Crippen molar-refractivity contribution in [3.05, 3.63) is 76.3 Å². The number of carbonyl (C=O) groups excluding carboxylic acids is 2. The minimum Gasteiger partial charge on any atom is -0.507 e. The molecule has 1 atom stereocenters. The van der Waals surface area contributed by atoms with Crippen molar-refractivity contribution in [1.29, 1.82) is 0 Å². The van der Waals surface area contributed by atoms with E-state index in [1.165, 1.54) is 19.1 Å². The van der Waals surface area contributed by atoms with Gasteiger partial charge in [0.05, 0.1) is 25.8 Å². The Morgan fingerprint density at radius 3 is 2.38 bits per heavy atom. The Kier molecular flexibility index (Phi) is 6.08. The monoisotopic (exact) mass is 457 g/mol. The summed E-state index contributed by atoms with van der Waals surface area (Å²) >= 11 is 3.34. The fraction of sp³-hybridized carbons (Fsp3) is 0.182. The molecule has 1 N–H and O–H groups in total. The molecule has 1 saturated heterocycles. The molecule has 1 aliphatic heterocycles. The van der Waals surface area contributed by atoms with Crippen LogP contribution >= 0.6 is 15.9 Å². The Morgan fingerprint density at radius 2 is 1.79 bits per heavy atom. The largest absolute Gasteiger partial charge is 0.507 e. The van der Waals surface area contributed by atoms with Crippen molar-refractivity contribution >= 4 is 33.4 Å². The first-order valence-corrected chi connectivity index (χ1v) is 9.59. The molecule has 1 heterocycles. The van der Waals surface area contributed by atoms with E-state index >= 15 is 0 Å². The van der Waals surface area contributed by atoms with Gasteiger partial charge in [0.15, 0.2) is 11.5 Å². The van der Waals surface area contributed by atoms with Crippen LogP contribution in [0.2, 0.25) is 0 Å². The van der Waals surface area contributed by atoms with Crippen molar-refractivity contribution < 1.29 is 24.2 Å². The number of ketones is 1. The number of ether oxygens (including phenoxy) is 2. The Morgan fingerprint density at radius 1 is 1.14 bits per heavy atom. The second-order valence-electron chi connectivity index (χ2n) is 6.36. The number of hydrogen-bond donors (Lipinski definition) is 1. The number of aliphatic hydroxyl groups excluding tert-OH is 1. The Balaban J connectivity index is 2.21. The van der Waals surface area contributed by atoms with Crippen LogP contribution in [0.4, 0.5) is 0 Å². The molecule has 1 aliphatic rings. The minimum absolute atomic E-state index is 0.0198. The summed E-state index contributed by atoms with van der Waals surface area (Å²) in [6.45, 7) is 3.83. The molecule has 0 saturated carbocycles. The predicted molar refractivity (Wildman–Crippen MR) is 113 cm³/mol. The first-order chi connectivity index (χ1) is 13.9. The molecular weight excluding hydrogens is 438 g/mol. The molecule has 1 amide bonds. The Bertz CT molecular complexity index is 997. The van der Waals surface area contributed by atoms with E-state index in [-0.39, 0.29) is 17.9 Å². The van der Waals surface area contributed by atoms with E-state index in [0.29, 0.717) is 22.6 Å². The molecule has 1 unspecified atom stereocenters. The highest BCUT2D eigenvalue weighted by Crippen LogP contribution is 2.41. The van der Waals surface area contributed by atoms with Crippen LogP contribution in [-0.4, -0.2) is 42.5 Å². The van der Waals surface area contributed by atoms with Crippen LogP contribution in [0.15, 0.2) is 65.2 Å². The summed E-state index contributed by atoms with van der Waals surface area (Å²) in [5, 5.41) is 10.9. The van der Waals surface area contributed by atoms with Crippen molar-refractivity contribution in [2.24, 2.45) is 0 Å². The average molecular weight is 458 g/mol. The lowest BCUT2D eigenvalue weighted by Crippen LogP contribution is -2.29. The number of carbonyl (C=O) groups is 2. The Hall–Kier alpha value is -3.06. The van der Waals surface area contributed by atoms with Crippen LogP contribution < -0.4 is 9.47 Å². The van der Waals surface area contributed by atoms with E-state index < -0.39 is 17.7 Å². The number of hydrogen-bond acceptors (Lipinski definition) is 5. The second kappa shape index (κ2) is 8.53. The number of benzene rings is 2. The van der Waals surface area contributed by atoms with Crippen molar-refractivity contribution in [1.82, 2.24) is 4.90 Å². The number of methoxy groups -OCH3 is 2. The lowest BCUT2D eigenvalue weighted by atomic mass is 9.95. The fourth-order valence-electron chi connectivity index (χ4n) is 3.34. The third-order valence-corrected chi connectivity index (χ3v) is 5.24. The molecule has 6 nitrogen and oxygen atoms in total. The number of amides is 1. The zero-order chi connectivity index (χ0) is 21.1. The summed E-state index contributed by atoms with van der Waals surface area (Å²) in [5.74, 6) is -0.694. The van der Waals surface area contributed by atoms with Crippen LogP contribution in [0.25, 0.3) is 5.76 Å². The van der Waals surface area contributed by atoms with Gasteiger partial charge >= 0.3 is 0 Å². The summed E-state index contributed by atoms with van der Waals surface area (Å²) in [4.78, 5) is 26.9. The first-order valence-electron chi connectivity index (χ1n) is 8.80. The number of halogens is 1. The van der Waals surface area contributed by atoms with Crippen molar-refractivity contribution in [2.45, 2.75) is 6.04 Å². The molecule has 1 fully saturated rings. The molecule has 0 aromatic heterocycles. The molecule has 7 heteroatoms. The smallest absolute Gasteiger partial charge is 0.295 e. The molecule has 29 heavy (non-hydrogen) atoms. The molecule has 2 aromatic rings. The van der Waals surface area contributed by atoms with Gasteiger partial charge in [-0.3, -0.25) is 9.59 Å². The van der Waals surface area contributed by atoms with E-state index in [9.17, 15) is 14.7 Å². The molecule has 3 rings (SSSR count). The summed E-state index contributed by atoms with van der Waals surface area (Å²) < 4.78 is 11.5. The van der Waals surface area contributed by atoms with Crippen LogP contribution in [0, 0.1) is 0 Å². The molecular formula is C22H20BrNO5. The zero-order valence-electron chi connectivity index (χ0n) is 16.0. The normalized spacial score (nSPS) is 18.0. The maximum absolute atomic E-state index is 12.8. The van der Waals surface area contributed by atoms with Crippen molar-refractivity contribution in [3.8, 4) is 11.5 Å². The van der Waals surface area contributed by atoms with Crippen molar-refractivity contribution in [2.75, 3.05) is 20.8 Å². The highest BCUT2D eigenvalue weighted by atomic mass is 79.9. The number of Topliss-reactive ketones (excluding diaryl/α,β-unsaturated/α-hetero) is 1. The van der Waals surface area contributed by atoms with E-state index in [1.807, 2.05) is 0 Å². The molecule has 0 radical (unpaired) electrons. The van der Waals surface area contributed by atoms with Gasteiger partial charge < -0.3 is 19.5 Å². The van der Waals surface area contributed by atoms with Crippen LogP contribution in [-0.2, 0) is 9.59 Å². The topological polar surface area (TPSA) is 76.1 Å². The number of rotatable bonds is 6. The number of nitrogens with zero attached hydrogens (tertiary/aromatic N) is 1. The summed E-state index contributed by atoms with van der Waals surface area (Å²) in [5.41, 5.74) is 1.07. The quantitative estimate of drug-likeness (QED) is 0.306. The van der Waals surface area contributed by atoms with Gasteiger partial charge in [-0.15, -0.1) is 6.58 Å². The Labute approximate surface area is 177 Å². The van der Waals surface area contributed by atoms with Gasteiger partial charge in [-0.1, -0.05) is 40.2 Å². The van der Waals surface area contributed by atoms with Gasteiger partial charge in [0.2, 0.25) is 0 Å². The summed E-state index contributed by atoms with van der Waals surface area (Å²) in [6.07, 6.45) is 1.54. The van der Waals surface area contributed by atoms with Gasteiger partial charge in [0, 0.05) is 16.6 Å². The highest BCUT2D eigenvalue weighted by molar-refractivity contribution is 9.10. The minimum atomic E-state index is -0.781. The summed E-state index contributed by atoms with van der Waals surface area (Å²) in [7, 11) is 3.03. The van der Waals surface area contributed by atoms with E-state index in [2.05, 4.69) is 22.5 Å². The predicted octanol–water partition coefficient (Wildman–Crippen LogP) is 4.07. The van der Waals surface area contributed by atoms with Gasteiger partial charge in [-0.25, -0.2) is 0 Å². The van der Waals surface area contributed by atoms with Gasteiger partial charge in [0.25, 0.3) is 11.7 Å². The fourth-order valence-corrected chi connectivity index (χ4v) is 3.60. The van der Waals surface area contributed by atoms with Crippen LogP contribution in [0.1, 0.15) is 17.2 Å². The number of likely N-dealkylation sites (tertiary alicyclic amines) is 1. The third-order valence-electron chi connectivity index (χ3n) is 4.71. The summed E-state index contributed by atoms with van der Waals surface area (Å²) in [6, 6.07) is 11.2. The standard InChI is InChI=1S/C22H20BrNO5/c1-4-11-24-19(14-7-10-16(28-2)17(12-14)29-3)18(21(26)22(24)27)20(25)13-5-8-15(23)9-6-13/h4-10,12,19,25H,1,11H2,2-3H3/b20-18-. The number of aliphatic hydroxyl groups is 1. The lowest BCUT2D eigenvalue weighted by molar-refractivity contribution is -0.139. The second-order valence-corrected chi connectivity index (χ2v) is 7.28. The highest BCUT2D eigenvalue weighted by Gasteiger charge is 2.45. The van der Waals surface area contributed by atoms with Crippen molar-refractivity contribution in [3.63, 3.8) is 0 Å². The molecule has 0 bridgehead atoms. The SMILES string of the molecule is C=CCN1C(=O)C(=O)/C(=C(\O)c2ccc(Br)cc2)C1c1ccc(OC)c(OC)c1. The van der Waals surface area contributed by atoms with E-state index in [4.69, 9.17) is 9.47 Å². The third kappa shape index (κ3) is 3.78. The molecule has 0 aliphatic carbocycles. The maximum Gasteiger partial charge on any atom is 0.295 e. The first kappa shape index (κ1) is 20.7. The van der Waals surface area contributed by atoms with Gasteiger partial charge in [-0.2, -0.15) is 0 Å². The lowest BCUT2D eigenvalue weighted by Gasteiger charge is -2.24. The molecule has 150 valence electrons. The van der Waals surface area contributed by atoms with Gasteiger partial charge in [0.1, 0.15) is 5.76 Å². The maximum atomic E-state index is 12.8. The average Bonchev–Trinajstić information content (AvgIpc) is 2.98. The van der Waals surface area contributed by atoms with E-state index in [1.54, 1.807) is 48.5 Å². The molecule has 0 spiro atoms. The zero-order valence-corrected chi connectivity index (χ0v) is 17.6. The van der Waals surface area contributed by atoms with Crippen LogP contribution in [0.5, 0.6) is 11.5 Å². The van der Waals surface area contributed by atoms with Gasteiger partial charge in [-0.05, 0) is 29.8 Å².